The van der Waals surface area contributed by atoms with Crippen LogP contribution in [0.2, 0.25) is 0 Å². The fraction of sp³-hybridized carbons (Fsp3) is 0.0645. The summed E-state index contributed by atoms with van der Waals surface area (Å²) >= 11 is 0. The van der Waals surface area contributed by atoms with Gasteiger partial charge in [-0.2, -0.15) is 0 Å². The maximum atomic E-state index is 4.52. The van der Waals surface area contributed by atoms with Crippen LogP contribution in [0, 0.1) is 0 Å². The third kappa shape index (κ3) is 3.45. The number of nitrogens with one attached hydrogen (secondary N) is 2. The second kappa shape index (κ2) is 8.64. The number of pyridine rings is 1. The predicted molar refractivity (Wildman–Crippen MR) is 147 cm³/mol. The number of fused-ring (bicyclic) bond motifs is 2. The molecule has 2 unspecified atom stereocenters. The molecule has 0 radical (unpaired) electrons. The summed E-state index contributed by atoms with van der Waals surface area (Å²) in [4.78, 5) is 4.52. The average Bonchev–Trinajstić information content (AvgIpc) is 3.63. The van der Waals surface area contributed by atoms with Crippen LogP contribution in [0.25, 0.3) is 21.5 Å². The van der Waals surface area contributed by atoms with Gasteiger partial charge in [-0.15, -0.1) is 0 Å². The van der Waals surface area contributed by atoms with Crippen LogP contribution in [0.1, 0.15) is 23.2 Å². The van der Waals surface area contributed by atoms with Gasteiger partial charge < -0.3 is 0 Å². The van der Waals surface area contributed by atoms with Gasteiger partial charge in [-0.3, -0.25) is 15.0 Å². The molecule has 1 aromatic heterocycles. The second-order valence-electron chi connectivity index (χ2n) is 9.12. The Morgan fingerprint density at radius 3 is 1.56 bits per heavy atom. The van der Waals surface area contributed by atoms with Gasteiger partial charge in [0.25, 0.3) is 0 Å². The van der Waals surface area contributed by atoms with E-state index in [1.807, 2.05) is 12.4 Å². The lowest BCUT2D eigenvalue weighted by Crippen LogP contribution is -2.32. The van der Waals surface area contributed by atoms with Crippen molar-refractivity contribution >= 4 is 32.9 Å². The number of aromatic nitrogens is 1. The molecule has 2 aliphatic rings. The van der Waals surface area contributed by atoms with Crippen molar-refractivity contribution in [3.63, 3.8) is 0 Å². The molecule has 174 valence electrons. The summed E-state index contributed by atoms with van der Waals surface area (Å²) in [6.07, 6.45) is 12.5. The molecule has 5 aromatic rings. The smallest absolute Gasteiger partial charge is 0.0744 e. The molecule has 5 nitrogen and oxygen atoms in total. The monoisotopic (exact) mass is 467 g/mol. The van der Waals surface area contributed by atoms with Crippen LogP contribution in [0.3, 0.4) is 0 Å². The lowest BCUT2D eigenvalue weighted by molar-refractivity contribution is 0.672. The van der Waals surface area contributed by atoms with Crippen molar-refractivity contribution < 1.29 is 0 Å². The molecule has 36 heavy (non-hydrogen) atoms. The van der Waals surface area contributed by atoms with Crippen molar-refractivity contribution in [2.45, 2.75) is 12.1 Å². The molecule has 3 heterocycles. The van der Waals surface area contributed by atoms with E-state index >= 15 is 0 Å². The maximum Gasteiger partial charge on any atom is 0.0744 e. The van der Waals surface area contributed by atoms with Crippen LogP contribution in [0.5, 0.6) is 0 Å². The van der Waals surface area contributed by atoms with Gasteiger partial charge in [-0.25, -0.2) is 10.9 Å². The van der Waals surface area contributed by atoms with E-state index in [0.29, 0.717) is 0 Å². The van der Waals surface area contributed by atoms with Gasteiger partial charge in [-0.05, 0) is 29.3 Å². The van der Waals surface area contributed by atoms with Gasteiger partial charge in [0.2, 0.25) is 0 Å². The summed E-state index contributed by atoms with van der Waals surface area (Å²) in [6.45, 7) is 0. The Kier molecular flexibility index (Phi) is 5.01. The summed E-state index contributed by atoms with van der Waals surface area (Å²) < 4.78 is 0. The molecule has 0 amide bonds. The molecule has 0 saturated heterocycles. The summed E-state index contributed by atoms with van der Waals surface area (Å²) in [5.74, 6) is 0. The van der Waals surface area contributed by atoms with Gasteiger partial charge in [0.15, 0.2) is 0 Å². The fourth-order valence-electron chi connectivity index (χ4n) is 5.28. The van der Waals surface area contributed by atoms with E-state index in [4.69, 9.17) is 0 Å². The van der Waals surface area contributed by atoms with Crippen LogP contribution in [-0.2, 0) is 0 Å². The molecule has 0 fully saturated rings. The molecule has 0 bridgehead atoms. The van der Waals surface area contributed by atoms with Gasteiger partial charge in [0, 0.05) is 46.3 Å². The molecule has 0 aliphatic carbocycles. The minimum absolute atomic E-state index is 0.117. The van der Waals surface area contributed by atoms with E-state index in [9.17, 15) is 0 Å². The molecule has 4 aromatic carbocycles. The molecule has 0 saturated carbocycles. The highest BCUT2D eigenvalue weighted by molar-refractivity contribution is 6.20. The maximum absolute atomic E-state index is 4.52. The fourth-order valence-corrected chi connectivity index (χ4v) is 5.28. The minimum atomic E-state index is 0.117. The molecular formula is C31H25N5. The lowest BCUT2D eigenvalue weighted by Gasteiger charge is -2.28. The van der Waals surface area contributed by atoms with Crippen molar-refractivity contribution in [3.8, 4) is 0 Å². The van der Waals surface area contributed by atoms with Gasteiger partial charge in [0.05, 0.1) is 23.5 Å². The van der Waals surface area contributed by atoms with Crippen molar-refractivity contribution in [1.82, 2.24) is 15.8 Å². The third-order valence-corrected chi connectivity index (χ3v) is 6.98. The first-order chi connectivity index (χ1) is 17.9. The van der Waals surface area contributed by atoms with Crippen molar-refractivity contribution in [3.05, 3.63) is 139 Å². The number of benzene rings is 4. The molecule has 7 rings (SSSR count). The highest BCUT2D eigenvalue weighted by Gasteiger charge is 2.26. The van der Waals surface area contributed by atoms with Crippen LogP contribution in [0.4, 0.5) is 11.4 Å². The zero-order chi connectivity index (χ0) is 23.9. The quantitative estimate of drug-likeness (QED) is 0.294. The van der Waals surface area contributed by atoms with E-state index in [-0.39, 0.29) is 12.1 Å². The Morgan fingerprint density at radius 2 is 1.00 bits per heavy atom. The van der Waals surface area contributed by atoms with E-state index < -0.39 is 0 Å². The summed E-state index contributed by atoms with van der Waals surface area (Å²) in [5, 5.41) is 8.88. The standard InChI is InChI=1S/C31H25N5/c1-3-9-22(10-4-1)28-16-19-35(33-28)30-24-13-7-8-14-25(24)31(27-21-32-18-15-26(27)30)36-20-17-29(34-36)23-11-5-2-6-12-23/h1-21,28-29,33-34H. The number of anilines is 2. The van der Waals surface area contributed by atoms with Crippen LogP contribution >= 0.6 is 0 Å². The topological polar surface area (TPSA) is 43.4 Å². The second-order valence-corrected chi connectivity index (χ2v) is 9.12. The highest BCUT2D eigenvalue weighted by atomic mass is 15.5. The Morgan fingerprint density at radius 1 is 0.528 bits per heavy atom. The molecule has 0 spiro atoms. The van der Waals surface area contributed by atoms with E-state index in [1.54, 1.807) is 0 Å². The summed E-state index contributed by atoms with van der Waals surface area (Å²) in [6, 6.07) is 32.0. The van der Waals surface area contributed by atoms with E-state index in [1.165, 1.54) is 16.5 Å². The first kappa shape index (κ1) is 20.9. The first-order valence-electron chi connectivity index (χ1n) is 12.2. The molecule has 2 atom stereocenters. The third-order valence-electron chi connectivity index (χ3n) is 6.98. The van der Waals surface area contributed by atoms with Gasteiger partial charge in [0.1, 0.15) is 0 Å². The Hall–Kier alpha value is -4.45. The van der Waals surface area contributed by atoms with Gasteiger partial charge >= 0.3 is 0 Å². The SMILES string of the molecule is C1=CN(c2c3ccccc3c(N3C=CC(c4ccccc4)N3)c3cnccc23)NC1c1ccccc1. The predicted octanol–water partition coefficient (Wildman–Crippen LogP) is 6.55. The van der Waals surface area contributed by atoms with Crippen LogP contribution in [-0.4, -0.2) is 4.98 Å². The number of hydrazine groups is 2. The zero-order valence-corrected chi connectivity index (χ0v) is 19.6. The van der Waals surface area contributed by atoms with E-state index in [0.717, 1.165) is 27.5 Å². The Bertz CT molecular complexity index is 1430. The molecular weight excluding hydrogens is 442 g/mol. The summed E-state index contributed by atoms with van der Waals surface area (Å²) in [5.41, 5.74) is 12.1. The Labute approximate surface area is 209 Å². The molecule has 2 aliphatic heterocycles. The largest absolute Gasteiger partial charge is 0.282 e. The van der Waals surface area contributed by atoms with Crippen LogP contribution < -0.4 is 20.9 Å². The number of nitrogens with zero attached hydrogens (tertiary/aromatic N) is 3. The number of rotatable bonds is 4. The average molecular weight is 468 g/mol. The highest BCUT2D eigenvalue weighted by Crippen LogP contribution is 2.44. The van der Waals surface area contributed by atoms with E-state index in [2.05, 4.69) is 141 Å². The number of hydrogen-bond donors (Lipinski definition) is 2. The normalized spacial score (nSPS) is 19.1. The molecule has 2 N–H and O–H groups in total. The van der Waals surface area contributed by atoms with Crippen LogP contribution in [0.15, 0.2) is 128 Å². The van der Waals surface area contributed by atoms with Crippen molar-refractivity contribution in [2.24, 2.45) is 0 Å². The van der Waals surface area contributed by atoms with Crippen molar-refractivity contribution in [1.29, 1.82) is 0 Å². The zero-order valence-electron chi connectivity index (χ0n) is 19.6. The number of hydrogen-bond acceptors (Lipinski definition) is 5. The Balaban J connectivity index is 1.34. The lowest BCUT2D eigenvalue weighted by atomic mass is 9.99. The molecule has 5 heteroatoms. The summed E-state index contributed by atoms with van der Waals surface area (Å²) in [7, 11) is 0. The van der Waals surface area contributed by atoms with Gasteiger partial charge in [-0.1, -0.05) is 84.9 Å². The first-order valence-corrected chi connectivity index (χ1v) is 12.2. The van der Waals surface area contributed by atoms with Crippen molar-refractivity contribution in [2.75, 3.05) is 10.0 Å². The minimum Gasteiger partial charge on any atom is -0.282 e.